The average molecular weight is 409 g/mol. The van der Waals surface area contributed by atoms with Crippen LogP contribution in [0.15, 0.2) is 95.1 Å². The van der Waals surface area contributed by atoms with Gasteiger partial charge in [0.15, 0.2) is 5.82 Å². The van der Waals surface area contributed by atoms with E-state index in [0.717, 1.165) is 29.5 Å². The highest BCUT2D eigenvalue weighted by atomic mass is 32.2. The third-order valence-electron chi connectivity index (χ3n) is 5.76. The number of fused-ring (bicyclic) bond motifs is 2. The quantitative estimate of drug-likeness (QED) is 0.432. The van der Waals surface area contributed by atoms with E-state index in [9.17, 15) is 0 Å². The summed E-state index contributed by atoms with van der Waals surface area (Å²) in [6.45, 7) is 0.939. The van der Waals surface area contributed by atoms with E-state index in [1.165, 1.54) is 27.3 Å². The first-order chi connectivity index (χ1) is 14.9. The van der Waals surface area contributed by atoms with Crippen LogP contribution < -0.4 is 10.2 Å². The van der Waals surface area contributed by atoms with Crippen LogP contribution in [0, 0.1) is 0 Å². The molecule has 1 N–H and O–H groups in total. The number of anilines is 3. The molecule has 4 nitrogen and oxygen atoms in total. The van der Waals surface area contributed by atoms with Crippen molar-refractivity contribution < 1.29 is 0 Å². The van der Waals surface area contributed by atoms with E-state index >= 15 is 0 Å². The van der Waals surface area contributed by atoms with Crippen molar-refractivity contribution in [3.8, 4) is 0 Å². The van der Waals surface area contributed by atoms with Crippen molar-refractivity contribution in [2.75, 3.05) is 16.8 Å². The van der Waals surface area contributed by atoms with Gasteiger partial charge in [-0.15, -0.1) is 0 Å². The number of hydrogen-bond acceptors (Lipinski definition) is 5. The van der Waals surface area contributed by atoms with Gasteiger partial charge in [0.05, 0.1) is 11.7 Å². The SMILES string of the molecule is c1ccc(Sc2ncnc3c2NC(c2ccccc2)c2cccc4c2N3CC4)cc1. The molecule has 146 valence electrons. The van der Waals surface area contributed by atoms with E-state index in [2.05, 4.69) is 88.0 Å². The van der Waals surface area contributed by atoms with Crippen molar-refractivity contribution in [2.24, 2.45) is 0 Å². The van der Waals surface area contributed by atoms with Crippen molar-refractivity contribution in [3.63, 3.8) is 0 Å². The highest BCUT2D eigenvalue weighted by Gasteiger charge is 2.34. The van der Waals surface area contributed by atoms with Crippen LogP contribution in [0.25, 0.3) is 0 Å². The first kappa shape index (κ1) is 17.5. The average Bonchev–Trinajstić information content (AvgIpc) is 3.17. The van der Waals surface area contributed by atoms with Crippen molar-refractivity contribution in [1.29, 1.82) is 0 Å². The van der Waals surface area contributed by atoms with Gasteiger partial charge in [-0.25, -0.2) is 9.97 Å². The van der Waals surface area contributed by atoms with E-state index in [-0.39, 0.29) is 6.04 Å². The monoisotopic (exact) mass is 408 g/mol. The smallest absolute Gasteiger partial charge is 0.161 e. The van der Waals surface area contributed by atoms with Crippen molar-refractivity contribution in [3.05, 3.63) is 102 Å². The molecule has 0 bridgehead atoms. The fourth-order valence-electron chi connectivity index (χ4n) is 4.43. The second-order valence-electron chi connectivity index (χ2n) is 7.54. The van der Waals surface area contributed by atoms with E-state index < -0.39 is 0 Å². The maximum Gasteiger partial charge on any atom is 0.161 e. The number of aromatic nitrogens is 2. The van der Waals surface area contributed by atoms with Gasteiger partial charge in [-0.1, -0.05) is 78.5 Å². The summed E-state index contributed by atoms with van der Waals surface area (Å²) in [6, 6.07) is 27.8. The molecule has 3 aromatic carbocycles. The maximum atomic E-state index is 4.73. The third-order valence-corrected chi connectivity index (χ3v) is 6.77. The van der Waals surface area contributed by atoms with E-state index in [0.29, 0.717) is 0 Å². The van der Waals surface area contributed by atoms with Crippen LogP contribution in [0.3, 0.4) is 0 Å². The molecular formula is C25H20N4S. The standard InChI is InChI=1S/C25H20N4S/c1-3-8-17(9-4-1)21-20-13-7-10-18-14-15-29(23(18)20)24-22(28-21)25(27-16-26-24)30-19-11-5-2-6-12-19/h1-13,16,21,28H,14-15H2. The van der Waals surface area contributed by atoms with E-state index in [1.54, 1.807) is 18.1 Å². The van der Waals surface area contributed by atoms with Crippen LogP contribution in [0.5, 0.6) is 0 Å². The minimum absolute atomic E-state index is 0.0455. The van der Waals surface area contributed by atoms with Crippen LogP contribution in [0.2, 0.25) is 0 Å². The molecular weight excluding hydrogens is 388 g/mol. The summed E-state index contributed by atoms with van der Waals surface area (Å²) in [7, 11) is 0. The number of rotatable bonds is 3. The zero-order valence-electron chi connectivity index (χ0n) is 16.3. The molecule has 0 saturated heterocycles. The molecule has 0 saturated carbocycles. The minimum Gasteiger partial charge on any atom is -0.369 e. The lowest BCUT2D eigenvalue weighted by atomic mass is 9.95. The Morgan fingerprint density at radius 3 is 2.50 bits per heavy atom. The van der Waals surface area contributed by atoms with Crippen molar-refractivity contribution in [1.82, 2.24) is 9.97 Å². The number of nitrogens with one attached hydrogen (secondary N) is 1. The molecule has 30 heavy (non-hydrogen) atoms. The Morgan fingerprint density at radius 2 is 1.67 bits per heavy atom. The molecule has 0 fully saturated rings. The van der Waals surface area contributed by atoms with Gasteiger partial charge >= 0.3 is 0 Å². The van der Waals surface area contributed by atoms with Gasteiger partial charge in [0.25, 0.3) is 0 Å². The van der Waals surface area contributed by atoms with E-state index in [4.69, 9.17) is 4.98 Å². The fraction of sp³-hybridized carbons (Fsp3) is 0.120. The first-order valence-corrected chi connectivity index (χ1v) is 11.0. The molecule has 2 aliphatic rings. The van der Waals surface area contributed by atoms with Gasteiger partial charge in [0.1, 0.15) is 17.0 Å². The summed E-state index contributed by atoms with van der Waals surface area (Å²) < 4.78 is 0. The third kappa shape index (κ3) is 2.85. The number of para-hydroxylation sites is 1. The molecule has 6 rings (SSSR count). The molecule has 0 aliphatic carbocycles. The molecule has 0 spiro atoms. The molecule has 1 unspecified atom stereocenters. The summed E-state index contributed by atoms with van der Waals surface area (Å²) in [5, 5.41) is 4.78. The Hall–Kier alpha value is -3.31. The molecule has 1 atom stereocenters. The van der Waals surface area contributed by atoms with Gasteiger partial charge in [0.2, 0.25) is 0 Å². The number of nitrogens with zero attached hydrogens (tertiary/aromatic N) is 3. The summed E-state index contributed by atoms with van der Waals surface area (Å²) in [5.41, 5.74) is 6.23. The maximum absolute atomic E-state index is 4.73. The van der Waals surface area contributed by atoms with Crippen LogP contribution in [0.1, 0.15) is 22.7 Å². The zero-order valence-corrected chi connectivity index (χ0v) is 17.1. The Morgan fingerprint density at radius 1 is 0.867 bits per heavy atom. The second kappa shape index (κ2) is 7.18. The Labute approximate surface area is 180 Å². The second-order valence-corrected chi connectivity index (χ2v) is 8.60. The molecule has 1 aromatic heterocycles. The predicted molar refractivity (Wildman–Crippen MR) is 122 cm³/mol. The van der Waals surface area contributed by atoms with E-state index in [1.807, 2.05) is 6.07 Å². The number of benzene rings is 3. The Kier molecular flexibility index (Phi) is 4.20. The molecule has 0 radical (unpaired) electrons. The van der Waals surface area contributed by atoms with Crippen LogP contribution in [-0.4, -0.2) is 16.5 Å². The fourth-order valence-corrected chi connectivity index (χ4v) is 5.30. The molecule has 3 heterocycles. The summed E-state index contributed by atoms with van der Waals surface area (Å²) in [4.78, 5) is 12.9. The van der Waals surface area contributed by atoms with Gasteiger partial charge in [-0.05, 0) is 29.7 Å². The largest absolute Gasteiger partial charge is 0.369 e. The highest BCUT2D eigenvalue weighted by Crippen LogP contribution is 2.49. The lowest BCUT2D eigenvalue weighted by Gasteiger charge is -2.21. The zero-order chi connectivity index (χ0) is 19.9. The van der Waals surface area contributed by atoms with Crippen molar-refractivity contribution >= 4 is 29.0 Å². The van der Waals surface area contributed by atoms with Crippen LogP contribution in [-0.2, 0) is 6.42 Å². The lowest BCUT2D eigenvalue weighted by molar-refractivity contribution is 0.921. The normalized spacial score (nSPS) is 16.4. The van der Waals surface area contributed by atoms with Crippen molar-refractivity contribution in [2.45, 2.75) is 22.4 Å². The van der Waals surface area contributed by atoms with Gasteiger partial charge in [0, 0.05) is 17.0 Å². The molecule has 4 aromatic rings. The Balaban J connectivity index is 1.55. The molecule has 0 amide bonds. The van der Waals surface area contributed by atoms with Gasteiger partial charge < -0.3 is 10.2 Å². The summed E-state index contributed by atoms with van der Waals surface area (Å²) in [6.07, 6.45) is 2.73. The van der Waals surface area contributed by atoms with Crippen LogP contribution >= 0.6 is 11.8 Å². The minimum atomic E-state index is 0.0455. The van der Waals surface area contributed by atoms with Gasteiger partial charge in [-0.3, -0.25) is 0 Å². The lowest BCUT2D eigenvalue weighted by Crippen LogP contribution is -2.16. The van der Waals surface area contributed by atoms with Crippen LogP contribution in [0.4, 0.5) is 17.2 Å². The topological polar surface area (TPSA) is 41.1 Å². The number of hydrogen-bond donors (Lipinski definition) is 1. The summed E-state index contributed by atoms with van der Waals surface area (Å²) in [5.74, 6) is 0.966. The molecule has 2 aliphatic heterocycles. The Bertz CT molecular complexity index is 1210. The molecule has 5 heteroatoms. The summed E-state index contributed by atoms with van der Waals surface area (Å²) >= 11 is 1.68. The highest BCUT2D eigenvalue weighted by molar-refractivity contribution is 7.99. The van der Waals surface area contributed by atoms with Gasteiger partial charge in [-0.2, -0.15) is 0 Å². The predicted octanol–water partition coefficient (Wildman–Crippen LogP) is 5.84. The first-order valence-electron chi connectivity index (χ1n) is 10.2.